The molecule has 118 valence electrons. The predicted octanol–water partition coefficient (Wildman–Crippen LogP) is 1.79. The summed E-state index contributed by atoms with van der Waals surface area (Å²) < 4.78 is 0. The molecule has 2 heterocycles. The molecule has 1 saturated heterocycles. The number of anilines is 1. The van der Waals surface area contributed by atoms with Gasteiger partial charge >= 0.3 is 0 Å². The summed E-state index contributed by atoms with van der Waals surface area (Å²) in [5, 5.41) is 9.50. The Labute approximate surface area is 128 Å². The van der Waals surface area contributed by atoms with Gasteiger partial charge in [-0.1, -0.05) is 13.8 Å². The molecule has 21 heavy (non-hydrogen) atoms. The van der Waals surface area contributed by atoms with E-state index in [4.69, 9.17) is 0 Å². The highest BCUT2D eigenvalue weighted by molar-refractivity contribution is 5.29. The molecular weight excluding hydrogens is 264 g/mol. The van der Waals surface area contributed by atoms with Crippen LogP contribution in [0.5, 0.6) is 0 Å². The van der Waals surface area contributed by atoms with Crippen LogP contribution in [-0.4, -0.2) is 58.3 Å². The number of aliphatic hydroxyl groups excluding tert-OH is 1. The Kier molecular flexibility index (Phi) is 4.84. The first-order chi connectivity index (χ1) is 9.84. The first-order valence-corrected chi connectivity index (χ1v) is 7.72. The quantitative estimate of drug-likeness (QED) is 0.896. The van der Waals surface area contributed by atoms with E-state index >= 15 is 0 Å². The maximum absolute atomic E-state index is 9.50. The second-order valence-electron chi connectivity index (χ2n) is 7.33. The van der Waals surface area contributed by atoms with Crippen LogP contribution in [0.1, 0.15) is 34.1 Å². The number of aliphatic hydroxyl groups is 1. The van der Waals surface area contributed by atoms with Crippen molar-refractivity contribution in [2.75, 3.05) is 37.7 Å². The largest absolute Gasteiger partial charge is 0.396 e. The molecule has 0 atom stereocenters. The zero-order valence-corrected chi connectivity index (χ0v) is 13.7. The molecule has 0 spiro atoms. The van der Waals surface area contributed by atoms with Crippen LogP contribution < -0.4 is 4.90 Å². The molecule has 1 aromatic heterocycles. The van der Waals surface area contributed by atoms with Crippen LogP contribution >= 0.6 is 0 Å². The lowest BCUT2D eigenvalue weighted by molar-refractivity contribution is 0.0412. The van der Waals surface area contributed by atoms with Crippen molar-refractivity contribution in [3.05, 3.63) is 18.5 Å². The number of rotatable bonds is 5. The average Bonchev–Trinajstić information content (AvgIpc) is 2.47. The molecule has 1 N–H and O–H groups in total. The Morgan fingerprint density at radius 3 is 2.14 bits per heavy atom. The summed E-state index contributed by atoms with van der Waals surface area (Å²) in [6.07, 6.45) is 4.57. The third-order valence-electron chi connectivity index (χ3n) is 4.31. The molecule has 1 aromatic rings. The van der Waals surface area contributed by atoms with Gasteiger partial charge in [0.1, 0.15) is 0 Å². The fourth-order valence-electron chi connectivity index (χ4n) is 3.31. The Balaban J connectivity index is 1.94. The lowest BCUT2D eigenvalue weighted by atomic mass is 9.79. The van der Waals surface area contributed by atoms with Crippen LogP contribution in [0, 0.1) is 5.41 Å². The second kappa shape index (κ2) is 6.28. The van der Waals surface area contributed by atoms with Gasteiger partial charge in [0.25, 0.3) is 0 Å². The van der Waals surface area contributed by atoms with E-state index in [0.717, 1.165) is 38.5 Å². The fourth-order valence-corrected chi connectivity index (χ4v) is 3.31. The van der Waals surface area contributed by atoms with Gasteiger partial charge in [-0.2, -0.15) is 0 Å². The molecule has 0 radical (unpaired) electrons. The highest BCUT2D eigenvalue weighted by Gasteiger charge is 2.35. The lowest BCUT2D eigenvalue weighted by Gasteiger charge is -2.46. The standard InChI is InChI=1S/C16H28N4O/c1-15(2,13-21)12-16(3,4)20-10-8-19(9-11-20)14-17-6-5-7-18-14/h5-7,21H,8-13H2,1-4H3. The Morgan fingerprint density at radius 2 is 1.62 bits per heavy atom. The van der Waals surface area contributed by atoms with Gasteiger partial charge in [-0.25, -0.2) is 9.97 Å². The highest BCUT2D eigenvalue weighted by Crippen LogP contribution is 2.32. The van der Waals surface area contributed by atoms with E-state index in [1.54, 1.807) is 12.4 Å². The van der Waals surface area contributed by atoms with Crippen LogP contribution in [0.25, 0.3) is 0 Å². The zero-order chi connectivity index (χ0) is 15.5. The average molecular weight is 292 g/mol. The molecule has 5 heteroatoms. The van der Waals surface area contributed by atoms with Crippen LogP contribution in [-0.2, 0) is 0 Å². The molecule has 0 saturated carbocycles. The minimum absolute atomic E-state index is 0.0385. The van der Waals surface area contributed by atoms with Gasteiger partial charge in [0.15, 0.2) is 0 Å². The topological polar surface area (TPSA) is 52.5 Å². The van der Waals surface area contributed by atoms with Gasteiger partial charge in [-0.05, 0) is 31.7 Å². The van der Waals surface area contributed by atoms with Crippen molar-refractivity contribution in [2.24, 2.45) is 5.41 Å². The first-order valence-electron chi connectivity index (χ1n) is 7.72. The Hall–Kier alpha value is -1.20. The number of hydrogen-bond donors (Lipinski definition) is 1. The summed E-state index contributed by atoms with van der Waals surface area (Å²) >= 11 is 0. The number of piperazine rings is 1. The van der Waals surface area contributed by atoms with Gasteiger partial charge in [-0.3, -0.25) is 4.90 Å². The summed E-state index contributed by atoms with van der Waals surface area (Å²) in [6.45, 7) is 13.0. The van der Waals surface area contributed by atoms with Gasteiger partial charge in [0, 0.05) is 50.7 Å². The SMILES string of the molecule is CC(C)(CO)CC(C)(C)N1CCN(c2ncccn2)CC1. The summed E-state index contributed by atoms with van der Waals surface area (Å²) in [4.78, 5) is 13.4. The third kappa shape index (κ3) is 4.14. The second-order valence-corrected chi connectivity index (χ2v) is 7.33. The van der Waals surface area contributed by atoms with Crippen molar-refractivity contribution in [3.63, 3.8) is 0 Å². The molecule has 2 rings (SSSR count). The van der Waals surface area contributed by atoms with E-state index in [2.05, 4.69) is 47.5 Å². The molecule has 1 fully saturated rings. The van der Waals surface area contributed by atoms with Gasteiger partial charge in [0.2, 0.25) is 5.95 Å². The van der Waals surface area contributed by atoms with E-state index in [9.17, 15) is 5.11 Å². The molecule has 0 bridgehead atoms. The summed E-state index contributed by atoms with van der Waals surface area (Å²) in [5.74, 6) is 0.825. The number of nitrogens with zero attached hydrogens (tertiary/aromatic N) is 4. The van der Waals surface area contributed by atoms with Crippen LogP contribution in [0.15, 0.2) is 18.5 Å². The van der Waals surface area contributed by atoms with Crippen molar-refractivity contribution in [1.82, 2.24) is 14.9 Å². The van der Waals surface area contributed by atoms with Crippen LogP contribution in [0.3, 0.4) is 0 Å². The van der Waals surface area contributed by atoms with Crippen LogP contribution in [0.2, 0.25) is 0 Å². The zero-order valence-electron chi connectivity index (χ0n) is 13.7. The van der Waals surface area contributed by atoms with Crippen molar-refractivity contribution >= 4 is 5.95 Å². The molecule has 1 aliphatic rings. The number of hydrogen-bond acceptors (Lipinski definition) is 5. The molecule has 0 unspecified atom stereocenters. The summed E-state index contributed by atoms with van der Waals surface area (Å²) in [5.41, 5.74) is 0.0546. The van der Waals surface area contributed by atoms with Gasteiger partial charge in [-0.15, -0.1) is 0 Å². The van der Waals surface area contributed by atoms with E-state index in [0.29, 0.717) is 0 Å². The normalized spacial score (nSPS) is 18.0. The predicted molar refractivity (Wildman–Crippen MR) is 85.4 cm³/mol. The first kappa shape index (κ1) is 16.2. The smallest absolute Gasteiger partial charge is 0.225 e. The summed E-state index contributed by atoms with van der Waals surface area (Å²) in [7, 11) is 0. The maximum Gasteiger partial charge on any atom is 0.225 e. The van der Waals surface area contributed by atoms with Crippen LogP contribution in [0.4, 0.5) is 5.95 Å². The Morgan fingerprint density at radius 1 is 1.05 bits per heavy atom. The molecule has 5 nitrogen and oxygen atoms in total. The number of aromatic nitrogens is 2. The molecule has 0 aliphatic carbocycles. The minimum atomic E-state index is -0.0385. The van der Waals surface area contributed by atoms with Crippen molar-refractivity contribution in [1.29, 1.82) is 0 Å². The highest BCUT2D eigenvalue weighted by atomic mass is 16.3. The maximum atomic E-state index is 9.50. The van der Waals surface area contributed by atoms with E-state index in [1.165, 1.54) is 0 Å². The fraction of sp³-hybridized carbons (Fsp3) is 0.750. The van der Waals surface area contributed by atoms with Crippen molar-refractivity contribution in [3.8, 4) is 0 Å². The van der Waals surface area contributed by atoms with Crippen molar-refractivity contribution < 1.29 is 5.11 Å². The molecule has 0 amide bonds. The monoisotopic (exact) mass is 292 g/mol. The van der Waals surface area contributed by atoms with E-state index in [-0.39, 0.29) is 17.6 Å². The third-order valence-corrected chi connectivity index (χ3v) is 4.31. The Bertz CT molecular complexity index is 439. The summed E-state index contributed by atoms with van der Waals surface area (Å²) in [6, 6.07) is 1.85. The van der Waals surface area contributed by atoms with Gasteiger partial charge in [0.05, 0.1) is 0 Å². The molecular formula is C16H28N4O. The van der Waals surface area contributed by atoms with E-state index in [1.807, 2.05) is 6.07 Å². The minimum Gasteiger partial charge on any atom is -0.396 e. The van der Waals surface area contributed by atoms with Crippen molar-refractivity contribution in [2.45, 2.75) is 39.7 Å². The van der Waals surface area contributed by atoms with E-state index < -0.39 is 0 Å². The molecule has 0 aromatic carbocycles. The molecule has 1 aliphatic heterocycles. The van der Waals surface area contributed by atoms with Gasteiger partial charge < -0.3 is 10.0 Å². The lowest BCUT2D eigenvalue weighted by Crippen LogP contribution is -2.56.